The lowest BCUT2D eigenvalue weighted by atomic mass is 10.2. The number of nitrogens with zero attached hydrogens (tertiary/aromatic N) is 2. The molecule has 0 saturated carbocycles. The Morgan fingerprint density at radius 2 is 1.55 bits per heavy atom. The summed E-state index contributed by atoms with van der Waals surface area (Å²) in [5.74, 6) is -0.150. The number of hydrogen-bond acceptors (Lipinski definition) is 4. The fraction of sp³-hybridized carbons (Fsp3) is 0. The van der Waals surface area contributed by atoms with E-state index in [9.17, 15) is 4.79 Å². The van der Waals surface area contributed by atoms with Crippen molar-refractivity contribution in [3.63, 3.8) is 0 Å². The number of carbonyl (C=O) groups excluding carboxylic acids is 1. The molecule has 22 heavy (non-hydrogen) atoms. The molecule has 108 valence electrons. The molecule has 0 unspecified atom stereocenters. The maximum Gasteiger partial charge on any atom is 0.264 e. The molecule has 0 aromatic heterocycles. The van der Waals surface area contributed by atoms with E-state index in [0.717, 1.165) is 11.1 Å². The molecule has 1 N–H and O–H groups in total. The van der Waals surface area contributed by atoms with E-state index in [0.29, 0.717) is 10.1 Å². The minimum absolute atomic E-state index is 0.150. The van der Waals surface area contributed by atoms with Crippen molar-refractivity contribution in [2.45, 2.75) is 0 Å². The SMILES string of the molecule is O=C1N/C(=N\N=C\c2ccccc2)S/C1=C/c1ccccc1. The molecule has 0 radical (unpaired) electrons. The third-order valence-electron chi connectivity index (χ3n) is 2.90. The van der Waals surface area contributed by atoms with Crippen LogP contribution in [0.4, 0.5) is 0 Å². The van der Waals surface area contributed by atoms with Crippen LogP contribution in [0.25, 0.3) is 6.08 Å². The molecular formula is C17H13N3OS. The molecule has 1 aliphatic rings. The van der Waals surface area contributed by atoms with Gasteiger partial charge in [0.15, 0.2) is 5.17 Å². The second kappa shape index (κ2) is 6.87. The summed E-state index contributed by atoms with van der Waals surface area (Å²) in [6, 6.07) is 19.4. The molecule has 3 rings (SSSR count). The average molecular weight is 307 g/mol. The molecule has 1 amide bonds. The third-order valence-corrected chi connectivity index (χ3v) is 3.80. The monoisotopic (exact) mass is 307 g/mol. The number of nitrogens with one attached hydrogen (secondary N) is 1. The standard InChI is InChI=1S/C17H13N3OS/c21-16-15(11-13-7-3-1-4-8-13)22-17(19-16)20-18-12-14-9-5-2-6-10-14/h1-12H,(H,19,20,21)/b15-11+,18-12+. The summed E-state index contributed by atoms with van der Waals surface area (Å²) >= 11 is 1.29. The Labute approximate surface area is 132 Å². The molecule has 1 heterocycles. The maximum absolute atomic E-state index is 11.9. The van der Waals surface area contributed by atoms with E-state index in [1.807, 2.05) is 66.7 Å². The zero-order valence-electron chi connectivity index (χ0n) is 11.6. The van der Waals surface area contributed by atoms with Crippen LogP contribution in [0.3, 0.4) is 0 Å². The van der Waals surface area contributed by atoms with E-state index in [4.69, 9.17) is 0 Å². The van der Waals surface area contributed by atoms with E-state index in [1.165, 1.54) is 11.8 Å². The van der Waals surface area contributed by atoms with E-state index in [1.54, 1.807) is 6.21 Å². The zero-order chi connectivity index (χ0) is 15.2. The van der Waals surface area contributed by atoms with Crippen molar-refractivity contribution in [1.29, 1.82) is 0 Å². The van der Waals surface area contributed by atoms with Crippen molar-refractivity contribution in [3.8, 4) is 0 Å². The van der Waals surface area contributed by atoms with Crippen LogP contribution < -0.4 is 5.32 Å². The van der Waals surface area contributed by atoms with Gasteiger partial charge in [-0.1, -0.05) is 60.7 Å². The van der Waals surface area contributed by atoms with Crippen molar-refractivity contribution in [2.75, 3.05) is 0 Å². The zero-order valence-corrected chi connectivity index (χ0v) is 12.5. The van der Waals surface area contributed by atoms with Crippen LogP contribution in [0, 0.1) is 0 Å². The van der Waals surface area contributed by atoms with Gasteiger partial charge in [0.1, 0.15) is 0 Å². The summed E-state index contributed by atoms with van der Waals surface area (Å²) in [7, 11) is 0. The molecule has 1 fully saturated rings. The fourth-order valence-corrected chi connectivity index (χ4v) is 2.64. The summed E-state index contributed by atoms with van der Waals surface area (Å²) in [5, 5.41) is 11.2. The van der Waals surface area contributed by atoms with Crippen LogP contribution in [-0.4, -0.2) is 17.3 Å². The molecule has 2 aromatic rings. The van der Waals surface area contributed by atoms with Gasteiger partial charge in [-0.25, -0.2) is 0 Å². The van der Waals surface area contributed by atoms with Gasteiger partial charge in [0.05, 0.1) is 11.1 Å². The first-order chi connectivity index (χ1) is 10.8. The number of thioether (sulfide) groups is 1. The summed E-state index contributed by atoms with van der Waals surface area (Å²) < 4.78 is 0. The minimum Gasteiger partial charge on any atom is -0.299 e. The molecule has 4 nitrogen and oxygen atoms in total. The van der Waals surface area contributed by atoms with Gasteiger partial charge in [-0.2, -0.15) is 5.10 Å². The first-order valence-corrected chi connectivity index (χ1v) is 7.55. The van der Waals surface area contributed by atoms with Gasteiger partial charge >= 0.3 is 0 Å². The Balaban J connectivity index is 1.71. The van der Waals surface area contributed by atoms with Gasteiger partial charge in [0, 0.05) is 0 Å². The summed E-state index contributed by atoms with van der Waals surface area (Å²) in [6.07, 6.45) is 3.49. The van der Waals surface area contributed by atoms with Crippen molar-refractivity contribution >= 4 is 35.1 Å². The quantitative estimate of drug-likeness (QED) is 0.537. The molecule has 1 saturated heterocycles. The van der Waals surface area contributed by atoms with Crippen LogP contribution in [-0.2, 0) is 4.79 Å². The molecular weight excluding hydrogens is 294 g/mol. The van der Waals surface area contributed by atoms with Crippen molar-refractivity contribution in [2.24, 2.45) is 10.2 Å². The van der Waals surface area contributed by atoms with Crippen LogP contribution in [0.1, 0.15) is 11.1 Å². The second-order valence-corrected chi connectivity index (χ2v) is 5.57. The van der Waals surface area contributed by atoms with Crippen LogP contribution >= 0.6 is 11.8 Å². The number of amides is 1. The first kappa shape index (κ1) is 14.3. The summed E-state index contributed by atoms with van der Waals surface area (Å²) in [6.45, 7) is 0. The average Bonchev–Trinajstić information content (AvgIpc) is 2.89. The highest BCUT2D eigenvalue weighted by Crippen LogP contribution is 2.25. The largest absolute Gasteiger partial charge is 0.299 e. The lowest BCUT2D eigenvalue weighted by molar-refractivity contribution is -0.115. The third kappa shape index (κ3) is 3.71. The van der Waals surface area contributed by atoms with E-state index in [2.05, 4.69) is 15.5 Å². The van der Waals surface area contributed by atoms with Gasteiger partial charge in [-0.05, 0) is 29.0 Å². The topological polar surface area (TPSA) is 53.8 Å². The molecule has 0 atom stereocenters. The smallest absolute Gasteiger partial charge is 0.264 e. The number of amidine groups is 1. The number of benzene rings is 2. The van der Waals surface area contributed by atoms with E-state index < -0.39 is 0 Å². The van der Waals surface area contributed by atoms with Gasteiger partial charge < -0.3 is 0 Å². The van der Waals surface area contributed by atoms with Gasteiger partial charge in [-0.15, -0.1) is 5.10 Å². The van der Waals surface area contributed by atoms with Gasteiger partial charge in [0.25, 0.3) is 5.91 Å². The lowest BCUT2D eigenvalue weighted by Gasteiger charge is -1.92. The Bertz CT molecular complexity index is 752. The molecule has 0 spiro atoms. The number of carbonyl (C=O) groups is 1. The van der Waals surface area contributed by atoms with Crippen molar-refractivity contribution in [1.82, 2.24) is 5.32 Å². The molecule has 0 bridgehead atoms. The van der Waals surface area contributed by atoms with E-state index >= 15 is 0 Å². The fourth-order valence-electron chi connectivity index (χ4n) is 1.86. The van der Waals surface area contributed by atoms with Crippen molar-refractivity contribution in [3.05, 3.63) is 76.7 Å². The Morgan fingerprint density at radius 1 is 0.909 bits per heavy atom. The molecule has 0 aliphatic carbocycles. The first-order valence-electron chi connectivity index (χ1n) is 6.73. The van der Waals surface area contributed by atoms with Gasteiger partial charge in [-0.3, -0.25) is 10.1 Å². The maximum atomic E-state index is 11.9. The molecule has 2 aromatic carbocycles. The lowest BCUT2D eigenvalue weighted by Crippen LogP contribution is -2.19. The number of hydrogen-bond donors (Lipinski definition) is 1. The summed E-state index contributed by atoms with van der Waals surface area (Å²) in [4.78, 5) is 12.5. The van der Waals surface area contributed by atoms with E-state index in [-0.39, 0.29) is 5.91 Å². The highest BCUT2D eigenvalue weighted by Gasteiger charge is 2.23. The van der Waals surface area contributed by atoms with Crippen LogP contribution in [0.5, 0.6) is 0 Å². The highest BCUT2D eigenvalue weighted by molar-refractivity contribution is 8.18. The molecule has 5 heteroatoms. The summed E-state index contributed by atoms with van der Waals surface area (Å²) in [5.41, 5.74) is 1.94. The van der Waals surface area contributed by atoms with Crippen molar-refractivity contribution < 1.29 is 4.79 Å². The highest BCUT2D eigenvalue weighted by atomic mass is 32.2. The predicted molar refractivity (Wildman–Crippen MR) is 91.6 cm³/mol. The van der Waals surface area contributed by atoms with Crippen LogP contribution in [0.2, 0.25) is 0 Å². The minimum atomic E-state index is -0.150. The Hall–Kier alpha value is -2.66. The normalized spacial score (nSPS) is 18.3. The Morgan fingerprint density at radius 3 is 2.23 bits per heavy atom. The Kier molecular flexibility index (Phi) is 4.46. The van der Waals surface area contributed by atoms with Crippen LogP contribution in [0.15, 0.2) is 75.8 Å². The molecule has 1 aliphatic heterocycles. The second-order valence-electron chi connectivity index (χ2n) is 4.54. The predicted octanol–water partition coefficient (Wildman–Crippen LogP) is 3.28. The number of rotatable bonds is 3. The van der Waals surface area contributed by atoms with Gasteiger partial charge in [0.2, 0.25) is 0 Å².